The number of hydrogen-bond donors (Lipinski definition) is 0. The van der Waals surface area contributed by atoms with Gasteiger partial charge in [0, 0.05) is 24.3 Å². The normalized spacial score (nSPS) is 13.0. The molecule has 0 saturated heterocycles. The molecular formula is C89H96O24. The van der Waals surface area contributed by atoms with Crippen LogP contribution >= 0.6 is 0 Å². The lowest BCUT2D eigenvalue weighted by Gasteiger charge is -2.32. The number of carbonyl (C=O) groups excluding carboxylic acids is 8. The van der Waals surface area contributed by atoms with Gasteiger partial charge in [0.2, 0.25) is 0 Å². The van der Waals surface area contributed by atoms with Crippen LogP contribution in [-0.2, 0) is 43.3 Å². The summed E-state index contributed by atoms with van der Waals surface area (Å²) in [7, 11) is 0. The molecule has 0 amide bonds. The van der Waals surface area contributed by atoms with Crippen LogP contribution in [0.5, 0.6) is 46.0 Å². The predicted octanol–water partition coefficient (Wildman–Crippen LogP) is 23.2. The number of rotatable bonds is 12. The monoisotopic (exact) mass is 1550 g/mol. The molecule has 2 aliphatic carbocycles. The Morgan fingerprint density at radius 2 is 0.319 bits per heavy atom. The van der Waals surface area contributed by atoms with Gasteiger partial charge in [-0.1, -0.05) is 48.5 Å². The molecule has 596 valence electrons. The molecule has 0 radical (unpaired) electrons. The molecule has 0 bridgehead atoms. The van der Waals surface area contributed by atoms with Crippen LogP contribution in [0.25, 0.3) is 66.8 Å². The van der Waals surface area contributed by atoms with Gasteiger partial charge in [-0.3, -0.25) is 0 Å². The van der Waals surface area contributed by atoms with E-state index in [0.29, 0.717) is 89.0 Å². The maximum Gasteiger partial charge on any atom is 0.514 e. The molecule has 24 nitrogen and oxygen atoms in total. The van der Waals surface area contributed by atoms with Crippen molar-refractivity contribution in [2.24, 2.45) is 0 Å². The average Bonchev–Trinajstić information content (AvgIpc) is 1.50. The van der Waals surface area contributed by atoms with E-state index in [1.54, 1.807) is 215 Å². The van der Waals surface area contributed by atoms with Crippen LogP contribution in [0.2, 0.25) is 0 Å². The largest absolute Gasteiger partial charge is 0.514 e. The van der Waals surface area contributed by atoms with E-state index >= 15 is 0 Å². The van der Waals surface area contributed by atoms with E-state index in [9.17, 15) is 38.4 Å². The fourth-order valence-electron chi connectivity index (χ4n) is 12.3. The number of benzene rings is 8. The van der Waals surface area contributed by atoms with Gasteiger partial charge >= 0.3 is 49.2 Å². The number of fused-ring (bicyclic) bond motifs is 10. The molecule has 1 spiro atoms. The summed E-state index contributed by atoms with van der Waals surface area (Å²) >= 11 is 0. The van der Waals surface area contributed by atoms with Crippen LogP contribution in [0.15, 0.2) is 146 Å². The first-order valence-corrected chi connectivity index (χ1v) is 36.5. The summed E-state index contributed by atoms with van der Waals surface area (Å²) < 4.78 is 91.9. The minimum atomic E-state index is -1.53. The van der Waals surface area contributed by atoms with E-state index in [1.165, 1.54) is 24.3 Å². The Morgan fingerprint density at radius 3 is 0.442 bits per heavy atom. The van der Waals surface area contributed by atoms with Crippen molar-refractivity contribution in [2.45, 2.75) is 216 Å². The summed E-state index contributed by atoms with van der Waals surface area (Å²) in [6, 6.07) is 41.1. The average molecular weight is 1550 g/mol. The molecule has 8 aromatic carbocycles. The Morgan fingerprint density at radius 1 is 0.186 bits per heavy atom. The smallest absolute Gasteiger partial charge is 0.428 e. The summed E-state index contributed by atoms with van der Waals surface area (Å²) in [6.45, 7) is 40.3. The van der Waals surface area contributed by atoms with E-state index in [2.05, 4.69) is 0 Å². The molecule has 0 saturated carbocycles. The second-order valence-electron chi connectivity index (χ2n) is 35.1. The molecule has 24 heteroatoms. The van der Waals surface area contributed by atoms with E-state index in [4.69, 9.17) is 75.8 Å². The first-order valence-electron chi connectivity index (χ1n) is 36.5. The van der Waals surface area contributed by atoms with Gasteiger partial charge in [-0.05, 0) is 328 Å². The highest BCUT2D eigenvalue weighted by atomic mass is 16.8. The van der Waals surface area contributed by atoms with Crippen LogP contribution in [0.3, 0.4) is 0 Å². The molecule has 0 fully saturated rings. The zero-order valence-electron chi connectivity index (χ0n) is 68.2. The summed E-state index contributed by atoms with van der Waals surface area (Å²) in [5.41, 5.74) is -0.622. The van der Waals surface area contributed by atoms with Crippen LogP contribution in [0.4, 0.5) is 38.4 Å². The highest BCUT2D eigenvalue weighted by molar-refractivity contribution is 5.99. The first kappa shape index (κ1) is 83.4. The second kappa shape index (κ2) is 30.9. The van der Waals surface area contributed by atoms with Gasteiger partial charge in [0.15, 0.2) is 0 Å². The lowest BCUT2D eigenvalue weighted by atomic mass is 9.69. The Hall–Kier alpha value is -12.1. The Kier molecular flexibility index (Phi) is 22.8. The third-order valence-electron chi connectivity index (χ3n) is 15.9. The van der Waals surface area contributed by atoms with Crippen LogP contribution in [0, 0.1) is 0 Å². The van der Waals surface area contributed by atoms with Gasteiger partial charge in [0.1, 0.15) is 90.8 Å². The third kappa shape index (κ3) is 22.2. The molecule has 0 N–H and O–H groups in total. The summed E-state index contributed by atoms with van der Waals surface area (Å²) in [5.74, 6) is -0.571. The number of carbonyl (C=O) groups is 8. The standard InChI is InChI=1S/C89H96O24/c1-81(2,3)106-73(90)98-57-33-53(34-58(45-57)99-74(91)107-82(4,5)6)49-25-29-65-66-30-26-50(54-35-59(100-75(92)108-83(7,8)9)46-60(36-54)101-76(93)109-84(10,11)12)42-70(66)89(69(65)41-49)71-43-51(55-37-61(102-77(94)110-85(13,14)15)47-62(38-55)103-78(95)111-86(16,17)18)27-31-67(71)68-32-28-52(44-72(68)89)56-39-63(104-79(96)112-87(19,20)21)48-64(40-56)105-80(97)113-88(22,23)24/h25-48H,1-24H3. The molecule has 0 atom stereocenters. The summed E-state index contributed by atoms with van der Waals surface area (Å²) in [5, 5.41) is 0. The SMILES string of the molecule is CC(C)(C)OC(=O)Oc1cc(OC(=O)OC(C)(C)C)cc(-c2ccc3c(c2)C2(c4cc(-c5cc(OC(=O)OC(C)(C)C)cc(OC(=O)OC(C)(C)C)c5)ccc4-3)c3cc(-c4cc(OC(=O)OC(C)(C)C)cc(OC(=O)OC(C)(C)C)c4)ccc3-c3ccc(-c4cc(OC(=O)OC(C)(C)C)cc(OC(=O)OC(C)(C)C)c4)cc32)c1. The van der Waals surface area contributed by atoms with Crippen molar-refractivity contribution in [1.82, 2.24) is 0 Å². The second-order valence-corrected chi connectivity index (χ2v) is 35.1. The highest BCUT2D eigenvalue weighted by Crippen LogP contribution is 2.65. The lowest BCUT2D eigenvalue weighted by molar-refractivity contribution is 0.0178. The molecule has 2 aliphatic rings. The van der Waals surface area contributed by atoms with Crippen LogP contribution < -0.4 is 37.9 Å². The fourth-order valence-corrected chi connectivity index (χ4v) is 12.3. The number of ether oxygens (including phenoxy) is 16. The molecule has 0 heterocycles. The maximum absolute atomic E-state index is 13.6. The molecule has 113 heavy (non-hydrogen) atoms. The van der Waals surface area contributed by atoms with Gasteiger partial charge in [0.25, 0.3) is 0 Å². The Balaban J connectivity index is 1.32. The van der Waals surface area contributed by atoms with E-state index in [-0.39, 0.29) is 46.0 Å². The van der Waals surface area contributed by atoms with Gasteiger partial charge in [-0.15, -0.1) is 0 Å². The van der Waals surface area contributed by atoms with Crippen molar-refractivity contribution >= 4 is 49.2 Å². The zero-order valence-corrected chi connectivity index (χ0v) is 68.2. The van der Waals surface area contributed by atoms with Gasteiger partial charge in [0.05, 0.1) is 5.41 Å². The van der Waals surface area contributed by atoms with Gasteiger partial charge in [-0.2, -0.15) is 0 Å². The molecule has 0 aromatic heterocycles. The van der Waals surface area contributed by atoms with E-state index in [0.717, 1.165) is 0 Å². The molecule has 0 unspecified atom stereocenters. The minimum absolute atomic E-state index is 0.0713. The molecular weight excluding hydrogens is 1450 g/mol. The van der Waals surface area contributed by atoms with Crippen LogP contribution in [-0.4, -0.2) is 94.1 Å². The van der Waals surface area contributed by atoms with Crippen molar-refractivity contribution in [3.63, 3.8) is 0 Å². The van der Waals surface area contributed by atoms with Gasteiger partial charge < -0.3 is 75.8 Å². The van der Waals surface area contributed by atoms with Crippen molar-refractivity contribution in [1.29, 1.82) is 0 Å². The zero-order chi connectivity index (χ0) is 83.3. The number of hydrogen-bond acceptors (Lipinski definition) is 24. The lowest BCUT2D eigenvalue weighted by Crippen LogP contribution is -2.26. The van der Waals surface area contributed by atoms with Crippen molar-refractivity contribution in [2.75, 3.05) is 0 Å². The minimum Gasteiger partial charge on any atom is -0.428 e. The van der Waals surface area contributed by atoms with E-state index < -0.39 is 99.5 Å². The Bertz CT molecular complexity index is 4250. The summed E-state index contributed by atoms with van der Waals surface area (Å²) in [6.07, 6.45) is -8.41. The predicted molar refractivity (Wildman–Crippen MR) is 419 cm³/mol. The van der Waals surface area contributed by atoms with Crippen LogP contribution in [0.1, 0.15) is 188 Å². The topological polar surface area (TPSA) is 284 Å². The highest BCUT2D eigenvalue weighted by Gasteiger charge is 2.53. The van der Waals surface area contributed by atoms with E-state index in [1.807, 2.05) is 72.8 Å². The third-order valence-corrected chi connectivity index (χ3v) is 15.9. The van der Waals surface area contributed by atoms with Gasteiger partial charge in [-0.25, -0.2) is 38.4 Å². The van der Waals surface area contributed by atoms with Crippen molar-refractivity contribution in [3.8, 4) is 113 Å². The molecule has 0 aliphatic heterocycles. The van der Waals surface area contributed by atoms with Crippen molar-refractivity contribution in [3.05, 3.63) is 168 Å². The fraction of sp³-hybridized carbons (Fsp3) is 0.371. The maximum atomic E-state index is 13.6. The Labute approximate surface area is 657 Å². The quantitative estimate of drug-likeness (QED) is 0.0624. The molecule has 10 rings (SSSR count). The summed E-state index contributed by atoms with van der Waals surface area (Å²) in [4.78, 5) is 109. The first-order chi connectivity index (χ1) is 52.1. The molecule has 8 aromatic rings. The van der Waals surface area contributed by atoms with Crippen molar-refractivity contribution < 1.29 is 114 Å².